The standard InChI is InChI=1S/C13H17N3O4S.ClH/c1-20-11-8-10(16(18)19)9(7-12(11)21-2)13(17)15-5-3-14-4-6-15;/h7-8,14H,3-6H2,1-2H3;1H. The molecule has 0 unspecified atom stereocenters. The van der Waals surface area contributed by atoms with E-state index in [4.69, 9.17) is 4.74 Å². The molecule has 22 heavy (non-hydrogen) atoms. The van der Waals surface area contributed by atoms with Crippen LogP contribution in [0.25, 0.3) is 0 Å². The quantitative estimate of drug-likeness (QED) is 0.508. The SMILES string of the molecule is COc1cc([N+](=O)[O-])c(C(=O)N2CCNCC2)cc1SC.Cl. The number of methoxy groups -OCH3 is 1. The topological polar surface area (TPSA) is 84.7 Å². The number of carbonyl (C=O) groups excluding carboxylic acids is 1. The lowest BCUT2D eigenvalue weighted by Crippen LogP contribution is -2.46. The second kappa shape index (κ2) is 8.21. The summed E-state index contributed by atoms with van der Waals surface area (Å²) in [4.78, 5) is 25.6. The molecule has 1 fully saturated rings. The van der Waals surface area contributed by atoms with Crippen LogP contribution in [0.3, 0.4) is 0 Å². The number of nitro benzene ring substituents is 1. The molecular formula is C13H18ClN3O4S. The van der Waals surface area contributed by atoms with Gasteiger partial charge in [-0.15, -0.1) is 24.2 Å². The van der Waals surface area contributed by atoms with Crippen molar-refractivity contribution in [3.05, 3.63) is 27.8 Å². The van der Waals surface area contributed by atoms with Crippen LogP contribution in [-0.2, 0) is 0 Å². The summed E-state index contributed by atoms with van der Waals surface area (Å²) in [5.41, 5.74) is -0.0970. The van der Waals surface area contributed by atoms with Gasteiger partial charge >= 0.3 is 0 Å². The van der Waals surface area contributed by atoms with Crippen molar-refractivity contribution < 1.29 is 14.5 Å². The van der Waals surface area contributed by atoms with Gasteiger partial charge in [-0.05, 0) is 12.3 Å². The Hall–Kier alpha value is -1.51. The van der Waals surface area contributed by atoms with E-state index in [-0.39, 0.29) is 29.6 Å². The van der Waals surface area contributed by atoms with Crippen molar-refractivity contribution in [2.75, 3.05) is 39.5 Å². The molecule has 1 saturated heterocycles. The minimum atomic E-state index is -0.540. The fourth-order valence-corrected chi connectivity index (χ4v) is 2.81. The molecule has 0 bridgehead atoms. The summed E-state index contributed by atoms with van der Waals surface area (Å²) in [5, 5.41) is 14.4. The minimum absolute atomic E-state index is 0. The molecule has 1 heterocycles. The van der Waals surface area contributed by atoms with E-state index in [2.05, 4.69) is 5.32 Å². The maximum absolute atomic E-state index is 12.5. The van der Waals surface area contributed by atoms with Crippen molar-refractivity contribution in [1.29, 1.82) is 0 Å². The number of nitrogens with one attached hydrogen (secondary N) is 1. The fourth-order valence-electron chi connectivity index (χ4n) is 2.23. The summed E-state index contributed by atoms with van der Waals surface area (Å²) < 4.78 is 5.15. The molecule has 0 aromatic heterocycles. The molecule has 7 nitrogen and oxygen atoms in total. The smallest absolute Gasteiger partial charge is 0.285 e. The van der Waals surface area contributed by atoms with Gasteiger partial charge in [0.25, 0.3) is 11.6 Å². The van der Waals surface area contributed by atoms with Crippen molar-refractivity contribution in [1.82, 2.24) is 10.2 Å². The highest BCUT2D eigenvalue weighted by Gasteiger charge is 2.28. The molecule has 2 rings (SSSR count). The fraction of sp³-hybridized carbons (Fsp3) is 0.462. The zero-order valence-corrected chi connectivity index (χ0v) is 14.0. The van der Waals surface area contributed by atoms with Crippen LogP contribution in [-0.4, -0.2) is 55.3 Å². The zero-order valence-electron chi connectivity index (χ0n) is 12.3. The Balaban J connectivity index is 0.00000242. The first-order valence-corrected chi connectivity index (χ1v) is 7.71. The molecule has 9 heteroatoms. The first-order chi connectivity index (χ1) is 10.1. The number of rotatable bonds is 4. The molecular weight excluding hydrogens is 330 g/mol. The van der Waals surface area contributed by atoms with Gasteiger partial charge in [-0.25, -0.2) is 0 Å². The van der Waals surface area contributed by atoms with E-state index in [1.54, 1.807) is 11.0 Å². The highest BCUT2D eigenvalue weighted by Crippen LogP contribution is 2.35. The Bertz CT molecular complexity index is 564. The lowest BCUT2D eigenvalue weighted by atomic mass is 10.1. The maximum Gasteiger partial charge on any atom is 0.285 e. The third-order valence-electron chi connectivity index (χ3n) is 3.33. The molecule has 0 saturated carbocycles. The molecule has 122 valence electrons. The van der Waals surface area contributed by atoms with Gasteiger partial charge in [-0.2, -0.15) is 0 Å². The maximum atomic E-state index is 12.5. The summed E-state index contributed by atoms with van der Waals surface area (Å²) in [6.07, 6.45) is 1.84. The Morgan fingerprint density at radius 1 is 1.41 bits per heavy atom. The molecule has 0 spiro atoms. The Labute approximate surface area is 138 Å². The van der Waals surface area contributed by atoms with E-state index in [0.29, 0.717) is 36.8 Å². The third-order valence-corrected chi connectivity index (χ3v) is 4.09. The molecule has 1 N–H and O–H groups in total. The molecule has 1 amide bonds. The predicted octanol–water partition coefficient (Wildman–Crippen LogP) is 1.79. The number of nitro groups is 1. The van der Waals surface area contributed by atoms with E-state index in [0.717, 1.165) is 0 Å². The van der Waals surface area contributed by atoms with Crippen LogP contribution >= 0.6 is 24.2 Å². The molecule has 0 aliphatic carbocycles. The van der Waals surface area contributed by atoms with Gasteiger partial charge in [0, 0.05) is 26.2 Å². The van der Waals surface area contributed by atoms with Crippen LogP contribution in [0.5, 0.6) is 5.75 Å². The normalized spacial score (nSPS) is 14.2. The van der Waals surface area contributed by atoms with Gasteiger partial charge in [0.05, 0.1) is 23.0 Å². The number of hydrogen-bond donors (Lipinski definition) is 1. The number of hydrogen-bond acceptors (Lipinski definition) is 6. The predicted molar refractivity (Wildman–Crippen MR) is 87.5 cm³/mol. The number of carbonyl (C=O) groups is 1. The Morgan fingerprint density at radius 3 is 2.55 bits per heavy atom. The van der Waals surface area contributed by atoms with Gasteiger partial charge in [0.1, 0.15) is 11.3 Å². The number of benzene rings is 1. The molecule has 0 atom stereocenters. The van der Waals surface area contributed by atoms with E-state index in [1.165, 1.54) is 24.9 Å². The van der Waals surface area contributed by atoms with Crippen molar-refractivity contribution in [3.8, 4) is 5.75 Å². The summed E-state index contributed by atoms with van der Waals surface area (Å²) >= 11 is 1.39. The van der Waals surface area contributed by atoms with Crippen molar-refractivity contribution in [2.24, 2.45) is 0 Å². The van der Waals surface area contributed by atoms with Gasteiger partial charge < -0.3 is 15.0 Å². The molecule has 0 radical (unpaired) electrons. The van der Waals surface area contributed by atoms with Crippen LogP contribution in [0.2, 0.25) is 0 Å². The molecule has 1 aromatic rings. The largest absolute Gasteiger partial charge is 0.495 e. The molecule has 1 aliphatic rings. The van der Waals surface area contributed by atoms with Crippen molar-refractivity contribution in [2.45, 2.75) is 4.90 Å². The van der Waals surface area contributed by atoms with E-state index >= 15 is 0 Å². The second-order valence-corrected chi connectivity index (χ2v) is 5.37. The van der Waals surface area contributed by atoms with Crippen LogP contribution < -0.4 is 10.1 Å². The third kappa shape index (κ3) is 3.82. The number of halogens is 1. The van der Waals surface area contributed by atoms with Gasteiger partial charge in [0.2, 0.25) is 0 Å². The number of piperazine rings is 1. The van der Waals surface area contributed by atoms with Crippen LogP contribution in [0.1, 0.15) is 10.4 Å². The van der Waals surface area contributed by atoms with E-state index < -0.39 is 4.92 Å². The minimum Gasteiger partial charge on any atom is -0.495 e. The van der Waals surface area contributed by atoms with Gasteiger partial charge in [-0.3, -0.25) is 14.9 Å². The van der Waals surface area contributed by atoms with E-state index in [1.807, 2.05) is 6.26 Å². The zero-order chi connectivity index (χ0) is 15.4. The first kappa shape index (κ1) is 18.5. The number of thioether (sulfide) groups is 1. The average molecular weight is 348 g/mol. The summed E-state index contributed by atoms with van der Waals surface area (Å²) in [6.45, 7) is 2.50. The van der Waals surface area contributed by atoms with E-state index in [9.17, 15) is 14.9 Å². The number of amides is 1. The highest BCUT2D eigenvalue weighted by molar-refractivity contribution is 7.98. The monoisotopic (exact) mass is 347 g/mol. The van der Waals surface area contributed by atoms with Crippen LogP contribution in [0.15, 0.2) is 17.0 Å². The van der Waals surface area contributed by atoms with Crippen molar-refractivity contribution >= 4 is 35.8 Å². The molecule has 1 aromatic carbocycles. The first-order valence-electron chi connectivity index (χ1n) is 6.49. The lowest BCUT2D eigenvalue weighted by molar-refractivity contribution is -0.385. The van der Waals surface area contributed by atoms with Crippen LogP contribution in [0, 0.1) is 10.1 Å². The Morgan fingerprint density at radius 2 is 2.05 bits per heavy atom. The van der Waals surface area contributed by atoms with Gasteiger partial charge in [-0.1, -0.05) is 0 Å². The van der Waals surface area contributed by atoms with Crippen molar-refractivity contribution in [3.63, 3.8) is 0 Å². The number of nitrogens with zero attached hydrogens (tertiary/aromatic N) is 2. The second-order valence-electron chi connectivity index (χ2n) is 4.52. The molecule has 1 aliphatic heterocycles. The highest BCUT2D eigenvalue weighted by atomic mass is 35.5. The summed E-state index contributed by atoms with van der Waals surface area (Å²) in [6, 6.07) is 2.87. The average Bonchev–Trinajstić information content (AvgIpc) is 2.53. The summed E-state index contributed by atoms with van der Waals surface area (Å²) in [7, 11) is 1.45. The Kier molecular flexibility index (Phi) is 6.92. The number of ether oxygens (including phenoxy) is 1. The van der Waals surface area contributed by atoms with Crippen LogP contribution in [0.4, 0.5) is 5.69 Å². The van der Waals surface area contributed by atoms with Gasteiger partial charge in [0.15, 0.2) is 0 Å². The summed E-state index contributed by atoms with van der Waals surface area (Å²) in [5.74, 6) is 0.104. The lowest BCUT2D eigenvalue weighted by Gasteiger charge is -2.27.